The van der Waals surface area contributed by atoms with Crippen molar-refractivity contribution in [2.75, 3.05) is 30.8 Å². The Balaban J connectivity index is 1.55. The Morgan fingerprint density at radius 3 is 2.36 bits per heavy atom. The molecule has 1 aliphatic heterocycles. The SMILES string of the molecule is CN1CCN=C1c1ccc(C(=O)Nc2cc(F)c(F)cc2C(=O)Nc2ccc(Br)cn2)cc1. The fourth-order valence-corrected chi connectivity index (χ4v) is 3.52. The van der Waals surface area contributed by atoms with E-state index < -0.39 is 23.4 Å². The number of carbonyl (C=O) groups is 2. The molecule has 0 saturated heterocycles. The zero-order valence-corrected chi connectivity index (χ0v) is 19.0. The number of nitrogens with zero attached hydrogens (tertiary/aromatic N) is 3. The molecule has 7 nitrogen and oxygen atoms in total. The van der Waals surface area contributed by atoms with Crippen molar-refractivity contribution in [2.24, 2.45) is 4.99 Å². The standard InChI is InChI=1S/C23H18BrF2N5O2/c1-31-9-8-27-21(31)13-2-4-14(5-3-13)22(32)29-19-11-18(26)17(25)10-16(19)23(33)30-20-7-6-15(24)12-28-20/h2-7,10-12H,8-9H2,1H3,(H,29,32)(H,28,30,33). The molecule has 10 heteroatoms. The molecule has 2 N–H and O–H groups in total. The summed E-state index contributed by atoms with van der Waals surface area (Å²) >= 11 is 3.24. The van der Waals surface area contributed by atoms with E-state index in [-0.39, 0.29) is 22.6 Å². The van der Waals surface area contributed by atoms with E-state index in [0.717, 1.165) is 30.1 Å². The molecule has 2 heterocycles. The number of hydrogen-bond acceptors (Lipinski definition) is 5. The van der Waals surface area contributed by atoms with Crippen LogP contribution in [0.3, 0.4) is 0 Å². The van der Waals surface area contributed by atoms with Gasteiger partial charge in [-0.15, -0.1) is 0 Å². The second-order valence-electron chi connectivity index (χ2n) is 7.29. The lowest BCUT2D eigenvalue weighted by atomic mass is 10.1. The van der Waals surface area contributed by atoms with E-state index in [1.807, 2.05) is 11.9 Å². The van der Waals surface area contributed by atoms with Crippen LogP contribution in [0.2, 0.25) is 0 Å². The minimum Gasteiger partial charge on any atom is -0.358 e. The highest BCUT2D eigenvalue weighted by Crippen LogP contribution is 2.23. The first-order valence-corrected chi connectivity index (χ1v) is 10.7. The summed E-state index contributed by atoms with van der Waals surface area (Å²) in [5.74, 6) is -2.70. The first-order valence-electron chi connectivity index (χ1n) is 9.91. The fraction of sp³-hybridized carbons (Fsp3) is 0.130. The molecular weight excluding hydrogens is 496 g/mol. The summed E-state index contributed by atoms with van der Waals surface area (Å²) in [5.41, 5.74) is 0.732. The summed E-state index contributed by atoms with van der Waals surface area (Å²) in [6.07, 6.45) is 1.47. The van der Waals surface area contributed by atoms with Gasteiger partial charge in [-0.25, -0.2) is 13.8 Å². The molecule has 0 atom stereocenters. The molecule has 1 aromatic heterocycles. The van der Waals surface area contributed by atoms with Crippen LogP contribution in [0.4, 0.5) is 20.3 Å². The molecule has 33 heavy (non-hydrogen) atoms. The van der Waals surface area contributed by atoms with Crippen LogP contribution < -0.4 is 10.6 Å². The van der Waals surface area contributed by atoms with E-state index >= 15 is 0 Å². The number of carbonyl (C=O) groups excluding carboxylic acids is 2. The highest BCUT2D eigenvalue weighted by molar-refractivity contribution is 9.10. The topological polar surface area (TPSA) is 86.7 Å². The maximum absolute atomic E-state index is 13.9. The molecule has 168 valence electrons. The highest BCUT2D eigenvalue weighted by atomic mass is 79.9. The predicted molar refractivity (Wildman–Crippen MR) is 125 cm³/mol. The Morgan fingerprint density at radius 1 is 1.00 bits per heavy atom. The third-order valence-electron chi connectivity index (χ3n) is 4.99. The summed E-state index contributed by atoms with van der Waals surface area (Å²) in [6, 6.07) is 11.4. The molecular formula is C23H18BrF2N5O2. The van der Waals surface area contributed by atoms with Crippen LogP contribution >= 0.6 is 15.9 Å². The van der Waals surface area contributed by atoms with Gasteiger partial charge < -0.3 is 15.5 Å². The monoisotopic (exact) mass is 513 g/mol. The molecule has 0 aliphatic carbocycles. The molecule has 2 aromatic carbocycles. The first-order chi connectivity index (χ1) is 15.8. The minimum absolute atomic E-state index is 0.169. The van der Waals surface area contributed by atoms with Crippen LogP contribution in [0.1, 0.15) is 26.3 Å². The molecule has 0 fully saturated rings. The summed E-state index contributed by atoms with van der Waals surface area (Å²) < 4.78 is 28.5. The molecule has 0 saturated carbocycles. The predicted octanol–water partition coefficient (Wildman–Crippen LogP) is 4.32. The van der Waals surface area contributed by atoms with Crippen molar-refractivity contribution in [1.82, 2.24) is 9.88 Å². The summed E-state index contributed by atoms with van der Waals surface area (Å²) in [6.45, 7) is 1.54. The quantitative estimate of drug-likeness (QED) is 0.531. The smallest absolute Gasteiger partial charge is 0.259 e. The third-order valence-corrected chi connectivity index (χ3v) is 5.46. The van der Waals surface area contributed by atoms with Crippen molar-refractivity contribution in [3.8, 4) is 0 Å². The fourth-order valence-electron chi connectivity index (χ4n) is 3.28. The molecule has 0 spiro atoms. The molecule has 3 aromatic rings. The van der Waals surface area contributed by atoms with Gasteiger partial charge in [-0.3, -0.25) is 14.6 Å². The average molecular weight is 514 g/mol. The van der Waals surface area contributed by atoms with Crippen LogP contribution in [0.25, 0.3) is 0 Å². The van der Waals surface area contributed by atoms with Crippen molar-refractivity contribution < 1.29 is 18.4 Å². The second kappa shape index (κ2) is 9.45. The van der Waals surface area contributed by atoms with Crippen molar-refractivity contribution in [3.63, 3.8) is 0 Å². The molecule has 4 rings (SSSR count). The number of aromatic nitrogens is 1. The van der Waals surface area contributed by atoms with E-state index in [1.165, 1.54) is 12.3 Å². The number of benzene rings is 2. The number of nitrogens with one attached hydrogen (secondary N) is 2. The first kappa shape index (κ1) is 22.5. The number of anilines is 2. The van der Waals surface area contributed by atoms with Gasteiger partial charge in [-0.1, -0.05) is 12.1 Å². The van der Waals surface area contributed by atoms with E-state index in [0.29, 0.717) is 11.0 Å². The van der Waals surface area contributed by atoms with Crippen molar-refractivity contribution in [3.05, 3.63) is 87.5 Å². The van der Waals surface area contributed by atoms with Crippen LogP contribution in [0.15, 0.2) is 64.2 Å². The van der Waals surface area contributed by atoms with E-state index in [1.54, 1.807) is 30.3 Å². The number of hydrogen-bond donors (Lipinski definition) is 2. The van der Waals surface area contributed by atoms with Gasteiger partial charge >= 0.3 is 0 Å². The van der Waals surface area contributed by atoms with Gasteiger partial charge in [0.05, 0.1) is 17.8 Å². The summed E-state index contributed by atoms with van der Waals surface area (Å²) in [7, 11) is 1.94. The lowest BCUT2D eigenvalue weighted by molar-refractivity contribution is 0.102. The Kier molecular flexibility index (Phi) is 6.45. The molecule has 2 amide bonds. The Hall–Kier alpha value is -3.66. The lowest BCUT2D eigenvalue weighted by Gasteiger charge is -2.14. The van der Waals surface area contributed by atoms with E-state index in [9.17, 15) is 18.4 Å². The third kappa shape index (κ3) is 5.06. The number of amidine groups is 1. The Bertz CT molecular complexity index is 1250. The van der Waals surface area contributed by atoms with Crippen LogP contribution in [-0.2, 0) is 0 Å². The summed E-state index contributed by atoms with van der Waals surface area (Å²) in [5, 5.41) is 4.99. The van der Waals surface area contributed by atoms with Gasteiger partial charge in [-0.2, -0.15) is 0 Å². The molecule has 0 radical (unpaired) electrons. The number of pyridine rings is 1. The normalized spacial score (nSPS) is 13.0. The number of halogens is 3. The number of amides is 2. The lowest BCUT2D eigenvalue weighted by Crippen LogP contribution is -2.23. The summed E-state index contributed by atoms with van der Waals surface area (Å²) in [4.78, 5) is 35.9. The highest BCUT2D eigenvalue weighted by Gasteiger charge is 2.20. The van der Waals surface area contributed by atoms with Crippen molar-refractivity contribution in [2.45, 2.75) is 0 Å². The van der Waals surface area contributed by atoms with Crippen LogP contribution in [0.5, 0.6) is 0 Å². The number of likely N-dealkylation sites (N-methyl/N-ethyl adjacent to an activating group) is 1. The maximum Gasteiger partial charge on any atom is 0.259 e. The molecule has 0 unspecified atom stereocenters. The van der Waals surface area contributed by atoms with Gasteiger partial charge in [0.2, 0.25) is 0 Å². The number of rotatable bonds is 5. The van der Waals surface area contributed by atoms with Gasteiger partial charge in [0.1, 0.15) is 11.7 Å². The number of aliphatic imine (C=N–C) groups is 1. The molecule has 1 aliphatic rings. The van der Waals surface area contributed by atoms with Crippen LogP contribution in [0, 0.1) is 11.6 Å². The minimum atomic E-state index is -1.22. The maximum atomic E-state index is 13.9. The van der Waals surface area contributed by atoms with Crippen molar-refractivity contribution >= 4 is 45.1 Å². The van der Waals surface area contributed by atoms with Crippen molar-refractivity contribution in [1.29, 1.82) is 0 Å². The van der Waals surface area contributed by atoms with Crippen LogP contribution in [-0.4, -0.2) is 47.7 Å². The molecule has 0 bridgehead atoms. The zero-order chi connectivity index (χ0) is 23.5. The Morgan fingerprint density at radius 2 is 1.73 bits per heavy atom. The van der Waals surface area contributed by atoms with Gasteiger partial charge in [-0.05, 0) is 46.3 Å². The van der Waals surface area contributed by atoms with E-state index in [4.69, 9.17) is 0 Å². The zero-order valence-electron chi connectivity index (χ0n) is 17.4. The largest absolute Gasteiger partial charge is 0.358 e. The van der Waals surface area contributed by atoms with E-state index in [2.05, 4.69) is 36.5 Å². The second-order valence-corrected chi connectivity index (χ2v) is 8.20. The van der Waals surface area contributed by atoms with Gasteiger partial charge in [0.15, 0.2) is 11.6 Å². The van der Waals surface area contributed by atoms with Gasteiger partial charge in [0.25, 0.3) is 11.8 Å². The Labute approximate surface area is 196 Å². The average Bonchev–Trinajstić information content (AvgIpc) is 3.23. The van der Waals surface area contributed by atoms with Gasteiger partial charge in [0, 0.05) is 41.5 Å².